The van der Waals surface area contributed by atoms with Gasteiger partial charge in [0.1, 0.15) is 48.8 Å². The maximum absolute atomic E-state index is 13.4. The first-order chi connectivity index (χ1) is 47.1. The molecule has 96 heavy (non-hydrogen) atoms. The third kappa shape index (κ3) is 49.1. The normalized spacial score (nSPS) is 22.3. The number of ether oxygens (including phenoxy) is 4. The van der Waals surface area contributed by atoms with E-state index in [-0.39, 0.29) is 18.9 Å². The summed E-state index contributed by atoms with van der Waals surface area (Å²) < 4.78 is 22.9. The highest BCUT2D eigenvalue weighted by Gasteiger charge is 2.51. The maximum atomic E-state index is 13.4. The second-order valence-electron chi connectivity index (χ2n) is 29.6. The third-order valence-corrected chi connectivity index (χ3v) is 20.6. The Morgan fingerprint density at radius 3 is 1.02 bits per heavy atom. The fourth-order valence-corrected chi connectivity index (χ4v) is 14.1. The lowest BCUT2D eigenvalue weighted by Gasteiger charge is -2.46. The SMILES string of the molecule is CCCCCCCCCCCCCCCCCCC/C=C/CC/C=C/C(O)C(COC1OC(CO)C(OC2OC(CO)C(O)C(O)C2O)C(O)C1O)NC(=O)CCCCCCCCCCCCCCCCCCCCCCCCCCCCCCCCCCCCCCCCC. The first-order valence-corrected chi connectivity index (χ1v) is 41.6. The monoisotopic (exact) mass is 1360 g/mol. The molecule has 2 heterocycles. The lowest BCUT2D eigenvalue weighted by Crippen LogP contribution is -2.65. The highest BCUT2D eigenvalue weighted by Crippen LogP contribution is 2.30. The number of aliphatic hydroxyl groups excluding tert-OH is 8. The summed E-state index contributed by atoms with van der Waals surface area (Å²) in [7, 11) is 0. The van der Waals surface area contributed by atoms with Gasteiger partial charge in [0.15, 0.2) is 12.6 Å². The number of carbonyl (C=O) groups is 1. The molecule has 2 saturated heterocycles. The smallest absolute Gasteiger partial charge is 0.220 e. The van der Waals surface area contributed by atoms with E-state index in [1.807, 2.05) is 6.08 Å². The standard InChI is InChI=1S/C82H157NO13/c1-3-5-7-9-11-13-15-17-19-21-23-25-27-28-29-30-31-32-33-34-35-36-37-38-39-40-41-42-44-46-48-50-52-54-56-58-60-62-64-66-74(87)83-70(69-93-81-79(92)77(90)80(73(68-85)95-81)96-82-78(91)76(89)75(88)72(67-84)94-82)71(86)65-63-61-59-57-55-53-51-49-47-45-43-26-24-22-20-18-16-14-12-10-8-6-4-2/h55,57,63,65,70-73,75-82,84-86,88-92H,3-54,56,58-62,64,66-69H2,1-2H3,(H,83,87)/b57-55+,65-63+. The largest absolute Gasteiger partial charge is 0.394 e. The predicted octanol–water partition coefficient (Wildman–Crippen LogP) is 19.0. The van der Waals surface area contributed by atoms with Gasteiger partial charge in [0.05, 0.1) is 32.0 Å². The number of amides is 1. The van der Waals surface area contributed by atoms with Gasteiger partial charge in [0.2, 0.25) is 5.91 Å². The Morgan fingerprint density at radius 2 is 0.667 bits per heavy atom. The molecule has 14 heteroatoms. The topological polar surface area (TPSA) is 228 Å². The van der Waals surface area contributed by atoms with E-state index in [4.69, 9.17) is 18.9 Å². The highest BCUT2D eigenvalue weighted by molar-refractivity contribution is 5.76. The fraction of sp³-hybridized carbons (Fsp3) is 0.939. The first-order valence-electron chi connectivity index (χ1n) is 41.6. The molecule has 1 amide bonds. The van der Waals surface area contributed by atoms with E-state index in [1.165, 1.54) is 334 Å². The van der Waals surface area contributed by atoms with Gasteiger partial charge in [-0.2, -0.15) is 0 Å². The molecule has 0 spiro atoms. The van der Waals surface area contributed by atoms with Gasteiger partial charge < -0.3 is 65.1 Å². The van der Waals surface area contributed by atoms with Crippen molar-refractivity contribution >= 4 is 5.91 Å². The van der Waals surface area contributed by atoms with Crippen LogP contribution in [0.5, 0.6) is 0 Å². The predicted molar refractivity (Wildman–Crippen MR) is 397 cm³/mol. The van der Waals surface area contributed by atoms with Crippen molar-refractivity contribution in [3.63, 3.8) is 0 Å². The van der Waals surface area contributed by atoms with Crippen LogP contribution in [0.1, 0.15) is 399 Å². The minimum atomic E-state index is -1.79. The molecule has 0 saturated carbocycles. The van der Waals surface area contributed by atoms with Crippen molar-refractivity contribution in [1.29, 1.82) is 0 Å². The number of rotatable bonds is 71. The van der Waals surface area contributed by atoms with Crippen LogP contribution in [0.4, 0.5) is 0 Å². The highest BCUT2D eigenvalue weighted by atomic mass is 16.7. The van der Waals surface area contributed by atoms with Crippen molar-refractivity contribution in [2.45, 2.75) is 473 Å². The Morgan fingerprint density at radius 1 is 0.365 bits per heavy atom. The van der Waals surface area contributed by atoms with E-state index < -0.39 is 86.8 Å². The molecule has 12 unspecified atom stereocenters. The van der Waals surface area contributed by atoms with Crippen LogP contribution in [-0.4, -0.2) is 140 Å². The van der Waals surface area contributed by atoms with Crippen LogP contribution in [0, 0.1) is 0 Å². The molecule has 0 aromatic rings. The van der Waals surface area contributed by atoms with Crippen LogP contribution in [0.3, 0.4) is 0 Å². The van der Waals surface area contributed by atoms with Crippen LogP contribution in [0.25, 0.3) is 0 Å². The number of nitrogens with one attached hydrogen (secondary N) is 1. The van der Waals surface area contributed by atoms with Gasteiger partial charge in [-0.15, -0.1) is 0 Å². The summed E-state index contributed by atoms with van der Waals surface area (Å²) in [6.07, 6.45) is 70.1. The molecule has 568 valence electrons. The molecule has 2 aliphatic heterocycles. The quantitative estimate of drug-likeness (QED) is 0.0204. The van der Waals surface area contributed by atoms with Crippen LogP contribution in [0.15, 0.2) is 24.3 Å². The molecule has 0 radical (unpaired) electrons. The Hall–Kier alpha value is -1.53. The molecular formula is C82H157NO13. The molecule has 2 aliphatic rings. The van der Waals surface area contributed by atoms with Crippen LogP contribution >= 0.6 is 0 Å². The number of hydrogen-bond acceptors (Lipinski definition) is 13. The zero-order chi connectivity index (χ0) is 69.4. The van der Waals surface area contributed by atoms with Crippen molar-refractivity contribution in [1.82, 2.24) is 5.32 Å². The summed E-state index contributed by atoms with van der Waals surface area (Å²) in [6.45, 7) is 2.85. The molecule has 0 bridgehead atoms. The summed E-state index contributed by atoms with van der Waals surface area (Å²) in [4.78, 5) is 13.4. The molecule has 12 atom stereocenters. The Bertz CT molecular complexity index is 1700. The van der Waals surface area contributed by atoms with Crippen molar-refractivity contribution < 1.29 is 64.6 Å². The number of carbonyl (C=O) groups excluding carboxylic acids is 1. The second kappa shape index (κ2) is 66.7. The van der Waals surface area contributed by atoms with E-state index in [1.54, 1.807) is 6.08 Å². The van der Waals surface area contributed by atoms with Gasteiger partial charge in [-0.3, -0.25) is 4.79 Å². The van der Waals surface area contributed by atoms with E-state index >= 15 is 0 Å². The lowest BCUT2D eigenvalue weighted by molar-refractivity contribution is -0.359. The Balaban J connectivity index is 1.57. The molecule has 14 nitrogen and oxygen atoms in total. The average molecular weight is 1370 g/mol. The van der Waals surface area contributed by atoms with Crippen molar-refractivity contribution in [2.24, 2.45) is 0 Å². The van der Waals surface area contributed by atoms with E-state index in [0.29, 0.717) is 12.8 Å². The number of aliphatic hydroxyl groups is 8. The zero-order valence-electron chi connectivity index (χ0n) is 62.4. The van der Waals surface area contributed by atoms with Gasteiger partial charge in [0.25, 0.3) is 0 Å². The molecule has 2 fully saturated rings. The second-order valence-corrected chi connectivity index (χ2v) is 29.6. The van der Waals surface area contributed by atoms with Crippen LogP contribution in [0.2, 0.25) is 0 Å². The number of hydrogen-bond donors (Lipinski definition) is 9. The maximum Gasteiger partial charge on any atom is 0.220 e. The molecule has 9 N–H and O–H groups in total. The summed E-state index contributed by atoms with van der Waals surface area (Å²) >= 11 is 0. The van der Waals surface area contributed by atoms with Gasteiger partial charge in [0, 0.05) is 6.42 Å². The third-order valence-electron chi connectivity index (χ3n) is 20.6. The average Bonchev–Trinajstić information content (AvgIpc) is 0.800. The summed E-state index contributed by atoms with van der Waals surface area (Å²) in [5.74, 6) is -0.240. The van der Waals surface area contributed by atoms with E-state index in [9.17, 15) is 45.6 Å². The molecule has 0 aromatic carbocycles. The van der Waals surface area contributed by atoms with Crippen LogP contribution < -0.4 is 5.32 Å². The minimum absolute atomic E-state index is 0.240. The van der Waals surface area contributed by atoms with Crippen molar-refractivity contribution in [3.05, 3.63) is 24.3 Å². The van der Waals surface area contributed by atoms with Crippen molar-refractivity contribution in [2.75, 3.05) is 19.8 Å². The summed E-state index contributed by atoms with van der Waals surface area (Å²) in [6, 6.07) is -0.930. The number of allylic oxidation sites excluding steroid dienone is 3. The number of unbranched alkanes of at least 4 members (excludes halogenated alkanes) is 56. The Kier molecular flexibility index (Phi) is 62.9. The summed E-state index contributed by atoms with van der Waals surface area (Å²) in [5.41, 5.74) is 0. The fourth-order valence-electron chi connectivity index (χ4n) is 14.1. The molecule has 0 aliphatic carbocycles. The van der Waals surface area contributed by atoms with E-state index in [0.717, 1.165) is 32.1 Å². The van der Waals surface area contributed by atoms with Gasteiger partial charge in [-0.1, -0.05) is 385 Å². The van der Waals surface area contributed by atoms with Gasteiger partial charge >= 0.3 is 0 Å². The summed E-state index contributed by atoms with van der Waals surface area (Å²) in [5, 5.41) is 87.6. The first kappa shape index (κ1) is 90.6. The van der Waals surface area contributed by atoms with Crippen molar-refractivity contribution in [3.8, 4) is 0 Å². The van der Waals surface area contributed by atoms with Crippen LogP contribution in [-0.2, 0) is 23.7 Å². The minimum Gasteiger partial charge on any atom is -0.394 e. The van der Waals surface area contributed by atoms with E-state index in [2.05, 4.69) is 31.3 Å². The molecule has 0 aromatic heterocycles. The zero-order valence-corrected chi connectivity index (χ0v) is 62.4. The lowest BCUT2D eigenvalue weighted by atomic mass is 9.97. The Labute approximate surface area is 589 Å². The van der Waals surface area contributed by atoms with Gasteiger partial charge in [-0.05, 0) is 32.1 Å². The molecule has 2 rings (SSSR count). The van der Waals surface area contributed by atoms with Gasteiger partial charge in [-0.25, -0.2) is 0 Å². The molecular weight excluding hydrogens is 1210 g/mol.